The zero-order valence-corrected chi connectivity index (χ0v) is 9.71. The molecule has 0 aromatic carbocycles. The smallest absolute Gasteiger partial charge is 0.305 e. The molecule has 3 nitrogen and oxygen atoms in total. The summed E-state index contributed by atoms with van der Waals surface area (Å²) in [6.07, 6.45) is 1.41. The van der Waals surface area contributed by atoms with Gasteiger partial charge in [-0.15, -0.1) is 0 Å². The lowest BCUT2D eigenvalue weighted by atomic mass is 10.1. The summed E-state index contributed by atoms with van der Waals surface area (Å²) in [5.41, 5.74) is 0. The Balaban J connectivity index is 3.44. The van der Waals surface area contributed by atoms with E-state index in [-0.39, 0.29) is 12.1 Å². The fourth-order valence-electron chi connectivity index (χ4n) is 0.895. The van der Waals surface area contributed by atoms with Crippen LogP contribution in [0.15, 0.2) is 0 Å². The maximum Gasteiger partial charge on any atom is 0.305 e. The fraction of sp³-hybridized carbons (Fsp3) is 0.909. The van der Waals surface area contributed by atoms with Gasteiger partial charge in [0.1, 0.15) is 6.10 Å². The van der Waals surface area contributed by atoms with Crippen molar-refractivity contribution in [3.63, 3.8) is 0 Å². The second-order valence-electron chi connectivity index (χ2n) is 3.70. The Kier molecular flexibility index (Phi) is 7.48. The Morgan fingerprint density at radius 3 is 2.36 bits per heavy atom. The second-order valence-corrected chi connectivity index (χ2v) is 3.70. The highest BCUT2D eigenvalue weighted by molar-refractivity contribution is 5.69. The average molecular weight is 202 g/mol. The first-order chi connectivity index (χ1) is 6.60. The van der Waals surface area contributed by atoms with Gasteiger partial charge in [-0.3, -0.25) is 4.79 Å². The third-order valence-electron chi connectivity index (χ3n) is 2.07. The van der Waals surface area contributed by atoms with Crippen LogP contribution in [0.5, 0.6) is 0 Å². The minimum atomic E-state index is -0.162. The maximum atomic E-state index is 10.9. The Morgan fingerprint density at radius 1 is 1.21 bits per heavy atom. The number of ether oxygens (including phenoxy) is 2. The SMILES string of the molecule is CCC(=O)O[C@H](C)COC[C@@H](C)CC. The predicted molar refractivity (Wildman–Crippen MR) is 56.1 cm³/mol. The molecule has 0 bridgehead atoms. The van der Waals surface area contributed by atoms with E-state index >= 15 is 0 Å². The van der Waals surface area contributed by atoms with Gasteiger partial charge < -0.3 is 9.47 Å². The molecule has 0 fully saturated rings. The van der Waals surface area contributed by atoms with E-state index in [0.29, 0.717) is 18.9 Å². The highest BCUT2D eigenvalue weighted by atomic mass is 16.6. The number of carbonyl (C=O) groups excluding carboxylic acids is 1. The molecule has 0 aliphatic heterocycles. The summed E-state index contributed by atoms with van der Waals surface area (Å²) in [6.45, 7) is 9.15. The second kappa shape index (κ2) is 7.80. The van der Waals surface area contributed by atoms with Gasteiger partial charge in [-0.1, -0.05) is 27.2 Å². The normalized spacial score (nSPS) is 14.9. The van der Waals surface area contributed by atoms with Crippen LogP contribution in [0, 0.1) is 5.92 Å². The maximum absolute atomic E-state index is 10.9. The first-order valence-electron chi connectivity index (χ1n) is 5.37. The third kappa shape index (κ3) is 6.89. The lowest BCUT2D eigenvalue weighted by Crippen LogP contribution is -2.21. The van der Waals surface area contributed by atoms with Crippen LogP contribution in [0.3, 0.4) is 0 Å². The van der Waals surface area contributed by atoms with E-state index in [1.807, 2.05) is 6.92 Å². The Labute approximate surface area is 86.8 Å². The minimum absolute atomic E-state index is 0.133. The summed E-state index contributed by atoms with van der Waals surface area (Å²) >= 11 is 0. The van der Waals surface area contributed by atoms with Gasteiger partial charge in [-0.2, -0.15) is 0 Å². The minimum Gasteiger partial charge on any atom is -0.460 e. The summed E-state index contributed by atoms with van der Waals surface area (Å²) in [7, 11) is 0. The lowest BCUT2D eigenvalue weighted by Gasteiger charge is -2.14. The highest BCUT2D eigenvalue weighted by Crippen LogP contribution is 2.02. The van der Waals surface area contributed by atoms with Gasteiger partial charge in [0.15, 0.2) is 0 Å². The summed E-state index contributed by atoms with van der Waals surface area (Å²) in [5.74, 6) is 0.411. The molecule has 0 rings (SSSR count). The van der Waals surface area contributed by atoms with E-state index in [1.54, 1.807) is 6.92 Å². The van der Waals surface area contributed by atoms with Gasteiger partial charge in [0.05, 0.1) is 6.61 Å². The van der Waals surface area contributed by atoms with Crippen molar-refractivity contribution >= 4 is 5.97 Å². The molecule has 0 saturated heterocycles. The van der Waals surface area contributed by atoms with Gasteiger partial charge in [-0.25, -0.2) is 0 Å². The predicted octanol–water partition coefficient (Wildman–Crippen LogP) is 2.39. The van der Waals surface area contributed by atoms with Crippen LogP contribution in [0.1, 0.15) is 40.5 Å². The van der Waals surface area contributed by atoms with Crippen LogP contribution in [-0.4, -0.2) is 25.3 Å². The Hall–Kier alpha value is -0.570. The van der Waals surface area contributed by atoms with E-state index in [2.05, 4.69) is 13.8 Å². The van der Waals surface area contributed by atoms with Crippen LogP contribution in [0.4, 0.5) is 0 Å². The molecule has 0 unspecified atom stereocenters. The molecule has 0 aromatic rings. The quantitative estimate of drug-likeness (QED) is 0.595. The number of rotatable bonds is 7. The fourth-order valence-corrected chi connectivity index (χ4v) is 0.895. The summed E-state index contributed by atoms with van der Waals surface area (Å²) in [6, 6.07) is 0. The van der Waals surface area contributed by atoms with Gasteiger partial charge >= 0.3 is 5.97 Å². The summed E-state index contributed by atoms with van der Waals surface area (Å²) in [5, 5.41) is 0. The zero-order valence-electron chi connectivity index (χ0n) is 9.71. The molecule has 0 N–H and O–H groups in total. The number of esters is 1. The van der Waals surface area contributed by atoms with Crippen molar-refractivity contribution in [1.82, 2.24) is 0 Å². The van der Waals surface area contributed by atoms with Crippen molar-refractivity contribution in [2.45, 2.75) is 46.6 Å². The van der Waals surface area contributed by atoms with Crippen molar-refractivity contribution in [3.8, 4) is 0 Å². The van der Waals surface area contributed by atoms with E-state index in [4.69, 9.17) is 9.47 Å². The van der Waals surface area contributed by atoms with Crippen molar-refractivity contribution in [2.24, 2.45) is 5.92 Å². The number of hydrogen-bond acceptors (Lipinski definition) is 3. The molecular formula is C11H22O3. The monoisotopic (exact) mass is 202 g/mol. The molecule has 14 heavy (non-hydrogen) atoms. The molecule has 2 atom stereocenters. The van der Waals surface area contributed by atoms with Crippen LogP contribution >= 0.6 is 0 Å². The Morgan fingerprint density at radius 2 is 1.86 bits per heavy atom. The third-order valence-corrected chi connectivity index (χ3v) is 2.07. The topological polar surface area (TPSA) is 35.5 Å². The molecular weight excluding hydrogens is 180 g/mol. The van der Waals surface area contributed by atoms with Gasteiger partial charge in [-0.05, 0) is 12.8 Å². The van der Waals surface area contributed by atoms with E-state index in [9.17, 15) is 4.79 Å². The van der Waals surface area contributed by atoms with Crippen molar-refractivity contribution < 1.29 is 14.3 Å². The zero-order chi connectivity index (χ0) is 11.0. The van der Waals surface area contributed by atoms with Crippen LogP contribution < -0.4 is 0 Å². The molecule has 0 radical (unpaired) electrons. The molecule has 84 valence electrons. The highest BCUT2D eigenvalue weighted by Gasteiger charge is 2.08. The molecule has 0 aliphatic carbocycles. The van der Waals surface area contributed by atoms with Crippen LogP contribution in [0.2, 0.25) is 0 Å². The summed E-state index contributed by atoms with van der Waals surface area (Å²) in [4.78, 5) is 10.9. The summed E-state index contributed by atoms with van der Waals surface area (Å²) < 4.78 is 10.5. The Bertz CT molecular complexity index is 157. The van der Waals surface area contributed by atoms with E-state index in [0.717, 1.165) is 13.0 Å². The number of carbonyl (C=O) groups is 1. The van der Waals surface area contributed by atoms with Crippen LogP contribution in [-0.2, 0) is 14.3 Å². The van der Waals surface area contributed by atoms with Crippen molar-refractivity contribution in [2.75, 3.05) is 13.2 Å². The molecule has 3 heteroatoms. The van der Waals surface area contributed by atoms with E-state index in [1.165, 1.54) is 0 Å². The van der Waals surface area contributed by atoms with Gasteiger partial charge in [0, 0.05) is 13.0 Å². The molecule has 0 saturated carbocycles. The first kappa shape index (κ1) is 13.4. The standard InChI is InChI=1S/C11H22O3/c1-5-9(3)7-13-8-10(4)14-11(12)6-2/h9-10H,5-8H2,1-4H3/t9-,10+/m0/s1. The first-order valence-corrected chi connectivity index (χ1v) is 5.37. The lowest BCUT2D eigenvalue weighted by molar-refractivity contribution is -0.150. The van der Waals surface area contributed by atoms with Crippen molar-refractivity contribution in [3.05, 3.63) is 0 Å². The molecule has 0 aliphatic rings. The van der Waals surface area contributed by atoms with Crippen molar-refractivity contribution in [1.29, 1.82) is 0 Å². The van der Waals surface area contributed by atoms with Gasteiger partial charge in [0.25, 0.3) is 0 Å². The number of hydrogen-bond donors (Lipinski definition) is 0. The molecule has 0 amide bonds. The largest absolute Gasteiger partial charge is 0.460 e. The van der Waals surface area contributed by atoms with E-state index < -0.39 is 0 Å². The molecule has 0 spiro atoms. The average Bonchev–Trinajstić information content (AvgIpc) is 2.17. The van der Waals surface area contributed by atoms with Gasteiger partial charge in [0.2, 0.25) is 0 Å². The molecule has 0 aromatic heterocycles. The van der Waals surface area contributed by atoms with Crippen LogP contribution in [0.25, 0.3) is 0 Å². The molecule has 0 heterocycles.